The fourth-order valence-electron chi connectivity index (χ4n) is 2.01. The van der Waals surface area contributed by atoms with Crippen molar-refractivity contribution >= 4 is 5.91 Å². The van der Waals surface area contributed by atoms with Crippen molar-refractivity contribution in [2.45, 2.75) is 26.7 Å². The van der Waals surface area contributed by atoms with E-state index >= 15 is 0 Å². The van der Waals surface area contributed by atoms with Crippen LogP contribution in [0.4, 0.5) is 0 Å². The Bertz CT molecular complexity index is 218. The number of nitrogens with zero attached hydrogens (tertiary/aromatic N) is 1. The van der Waals surface area contributed by atoms with Crippen molar-refractivity contribution in [3.05, 3.63) is 0 Å². The summed E-state index contributed by atoms with van der Waals surface area (Å²) in [7, 11) is 0. The second-order valence-corrected chi connectivity index (χ2v) is 5.16. The first-order chi connectivity index (χ1) is 7.61. The first-order valence-electron chi connectivity index (χ1n) is 6.31. The summed E-state index contributed by atoms with van der Waals surface area (Å²) < 4.78 is 0. The number of carbonyl (C=O) groups excluding carboxylic acids is 1. The summed E-state index contributed by atoms with van der Waals surface area (Å²) in [4.78, 5) is 13.8. The summed E-state index contributed by atoms with van der Waals surface area (Å²) in [6.07, 6.45) is 2.19. The van der Waals surface area contributed by atoms with E-state index in [2.05, 4.69) is 24.1 Å². The van der Waals surface area contributed by atoms with Crippen LogP contribution in [0.25, 0.3) is 0 Å². The maximum atomic E-state index is 11.6. The lowest BCUT2D eigenvalue weighted by Crippen LogP contribution is -2.37. The maximum Gasteiger partial charge on any atom is 0.234 e. The van der Waals surface area contributed by atoms with Gasteiger partial charge in [0.25, 0.3) is 0 Å². The van der Waals surface area contributed by atoms with E-state index in [0.29, 0.717) is 18.4 Å². The normalized spacial score (nSPS) is 21.6. The van der Waals surface area contributed by atoms with Gasteiger partial charge < -0.3 is 11.1 Å². The molecule has 0 saturated carbocycles. The molecule has 0 aromatic carbocycles. The monoisotopic (exact) mass is 227 g/mol. The minimum atomic E-state index is 0.151. The molecule has 1 rings (SSSR count). The standard InChI is InChI=1S/C12H25N3O/c1-10(2)3-5-14-12(16)9-15-6-4-11(7-13)8-15/h10-11H,3-9,13H2,1-2H3,(H,14,16). The third-order valence-corrected chi connectivity index (χ3v) is 3.11. The zero-order valence-electron chi connectivity index (χ0n) is 10.5. The van der Waals surface area contributed by atoms with Crippen LogP contribution in [0.1, 0.15) is 26.7 Å². The highest BCUT2D eigenvalue weighted by Crippen LogP contribution is 2.13. The molecule has 4 nitrogen and oxygen atoms in total. The fourth-order valence-corrected chi connectivity index (χ4v) is 2.01. The molecule has 94 valence electrons. The molecule has 1 aliphatic heterocycles. The molecule has 1 heterocycles. The van der Waals surface area contributed by atoms with Crippen LogP contribution >= 0.6 is 0 Å². The van der Waals surface area contributed by atoms with Crippen LogP contribution in [-0.2, 0) is 4.79 Å². The molecule has 1 fully saturated rings. The van der Waals surface area contributed by atoms with E-state index in [1.54, 1.807) is 0 Å². The Labute approximate surface area is 98.6 Å². The second kappa shape index (κ2) is 6.86. The average molecular weight is 227 g/mol. The summed E-state index contributed by atoms with van der Waals surface area (Å²) in [6.45, 7) is 8.40. The van der Waals surface area contributed by atoms with Crippen LogP contribution in [-0.4, -0.2) is 43.5 Å². The van der Waals surface area contributed by atoms with E-state index < -0.39 is 0 Å². The molecule has 1 atom stereocenters. The Morgan fingerprint density at radius 3 is 2.88 bits per heavy atom. The Hall–Kier alpha value is -0.610. The number of nitrogens with two attached hydrogens (primary N) is 1. The van der Waals surface area contributed by atoms with Gasteiger partial charge in [0, 0.05) is 13.1 Å². The van der Waals surface area contributed by atoms with E-state index in [0.717, 1.165) is 39.0 Å². The van der Waals surface area contributed by atoms with Gasteiger partial charge in [0.2, 0.25) is 5.91 Å². The summed E-state index contributed by atoms with van der Waals surface area (Å²) in [5.74, 6) is 1.38. The van der Waals surface area contributed by atoms with Gasteiger partial charge in [0.15, 0.2) is 0 Å². The summed E-state index contributed by atoms with van der Waals surface area (Å²) in [6, 6.07) is 0. The highest BCUT2D eigenvalue weighted by molar-refractivity contribution is 5.78. The predicted molar refractivity (Wildman–Crippen MR) is 66.1 cm³/mol. The van der Waals surface area contributed by atoms with Gasteiger partial charge in [0.05, 0.1) is 6.54 Å². The van der Waals surface area contributed by atoms with Gasteiger partial charge in [-0.2, -0.15) is 0 Å². The van der Waals surface area contributed by atoms with Gasteiger partial charge in [-0.3, -0.25) is 9.69 Å². The van der Waals surface area contributed by atoms with Crippen molar-refractivity contribution in [3.63, 3.8) is 0 Å². The first-order valence-corrected chi connectivity index (χ1v) is 6.31. The minimum absolute atomic E-state index is 0.151. The molecular weight excluding hydrogens is 202 g/mol. The number of hydrogen-bond acceptors (Lipinski definition) is 3. The van der Waals surface area contributed by atoms with E-state index in [1.807, 2.05) is 0 Å². The Morgan fingerprint density at radius 1 is 1.56 bits per heavy atom. The fraction of sp³-hybridized carbons (Fsp3) is 0.917. The Balaban J connectivity index is 2.10. The Kier molecular flexibility index (Phi) is 5.77. The SMILES string of the molecule is CC(C)CCNC(=O)CN1CCC(CN)C1. The number of carbonyl (C=O) groups is 1. The van der Waals surface area contributed by atoms with Crippen molar-refractivity contribution in [1.82, 2.24) is 10.2 Å². The van der Waals surface area contributed by atoms with Gasteiger partial charge >= 0.3 is 0 Å². The molecule has 3 N–H and O–H groups in total. The van der Waals surface area contributed by atoms with E-state index in [-0.39, 0.29) is 5.91 Å². The largest absolute Gasteiger partial charge is 0.355 e. The maximum absolute atomic E-state index is 11.6. The van der Waals surface area contributed by atoms with Crippen LogP contribution in [0.15, 0.2) is 0 Å². The summed E-state index contributed by atoms with van der Waals surface area (Å²) in [5.41, 5.74) is 5.61. The van der Waals surface area contributed by atoms with E-state index in [1.165, 1.54) is 0 Å². The van der Waals surface area contributed by atoms with Crippen molar-refractivity contribution in [2.75, 3.05) is 32.7 Å². The predicted octanol–water partition coefficient (Wildman–Crippen LogP) is 0.429. The number of likely N-dealkylation sites (tertiary alicyclic amines) is 1. The highest BCUT2D eigenvalue weighted by Gasteiger charge is 2.22. The molecule has 0 aliphatic carbocycles. The second-order valence-electron chi connectivity index (χ2n) is 5.16. The lowest BCUT2D eigenvalue weighted by Gasteiger charge is -2.15. The van der Waals surface area contributed by atoms with Gasteiger partial charge in [-0.1, -0.05) is 13.8 Å². The van der Waals surface area contributed by atoms with E-state index in [9.17, 15) is 4.79 Å². The molecule has 4 heteroatoms. The zero-order chi connectivity index (χ0) is 12.0. The lowest BCUT2D eigenvalue weighted by atomic mass is 10.1. The molecule has 1 aliphatic rings. The van der Waals surface area contributed by atoms with Crippen molar-refractivity contribution in [1.29, 1.82) is 0 Å². The van der Waals surface area contributed by atoms with Crippen LogP contribution in [0, 0.1) is 11.8 Å². The molecule has 16 heavy (non-hydrogen) atoms. The summed E-state index contributed by atoms with van der Waals surface area (Å²) >= 11 is 0. The number of hydrogen-bond donors (Lipinski definition) is 2. The summed E-state index contributed by atoms with van der Waals surface area (Å²) in [5, 5.41) is 2.96. The molecule has 0 bridgehead atoms. The third-order valence-electron chi connectivity index (χ3n) is 3.11. The first kappa shape index (κ1) is 13.5. The molecule has 0 aromatic rings. The van der Waals surface area contributed by atoms with E-state index in [4.69, 9.17) is 5.73 Å². The Morgan fingerprint density at radius 2 is 2.31 bits per heavy atom. The lowest BCUT2D eigenvalue weighted by molar-refractivity contribution is -0.122. The molecule has 1 amide bonds. The molecule has 0 spiro atoms. The van der Waals surface area contributed by atoms with Crippen LogP contribution in [0.5, 0.6) is 0 Å². The van der Waals surface area contributed by atoms with Gasteiger partial charge in [-0.05, 0) is 37.8 Å². The minimum Gasteiger partial charge on any atom is -0.355 e. The topological polar surface area (TPSA) is 58.4 Å². The molecule has 1 saturated heterocycles. The van der Waals surface area contributed by atoms with Gasteiger partial charge in [0.1, 0.15) is 0 Å². The van der Waals surface area contributed by atoms with Crippen LogP contribution in [0.3, 0.4) is 0 Å². The van der Waals surface area contributed by atoms with Crippen LogP contribution < -0.4 is 11.1 Å². The average Bonchev–Trinajstić information content (AvgIpc) is 2.65. The molecular formula is C12H25N3O. The van der Waals surface area contributed by atoms with Crippen molar-refractivity contribution in [2.24, 2.45) is 17.6 Å². The van der Waals surface area contributed by atoms with Crippen LogP contribution in [0.2, 0.25) is 0 Å². The third kappa shape index (κ3) is 4.94. The molecule has 1 unspecified atom stereocenters. The molecule has 0 radical (unpaired) electrons. The zero-order valence-corrected chi connectivity index (χ0v) is 10.5. The smallest absolute Gasteiger partial charge is 0.234 e. The van der Waals surface area contributed by atoms with Crippen molar-refractivity contribution < 1.29 is 4.79 Å². The highest BCUT2D eigenvalue weighted by atomic mass is 16.2. The number of amides is 1. The number of rotatable bonds is 6. The number of nitrogens with one attached hydrogen (secondary N) is 1. The van der Waals surface area contributed by atoms with Gasteiger partial charge in [-0.25, -0.2) is 0 Å². The van der Waals surface area contributed by atoms with Crippen molar-refractivity contribution in [3.8, 4) is 0 Å². The quantitative estimate of drug-likeness (QED) is 0.692. The molecule has 0 aromatic heterocycles. The van der Waals surface area contributed by atoms with Gasteiger partial charge in [-0.15, -0.1) is 0 Å².